The molecule has 4 rings (SSSR count). The summed E-state index contributed by atoms with van der Waals surface area (Å²) >= 11 is 7.00. The summed E-state index contributed by atoms with van der Waals surface area (Å²) in [7, 11) is 0. The molecular weight excluding hydrogens is 579 g/mol. The van der Waals surface area contributed by atoms with Crippen LogP contribution >= 0.6 is 17.1 Å². The zero-order valence-electron chi connectivity index (χ0n) is 23.5. The van der Waals surface area contributed by atoms with E-state index in [4.69, 9.17) is 39.8 Å². The Morgan fingerprint density at radius 1 is 0.732 bits per heavy atom. The Hall–Kier alpha value is -1.62. The predicted molar refractivity (Wildman–Crippen MR) is 166 cm³/mol. The van der Waals surface area contributed by atoms with E-state index < -0.39 is 35.5 Å². The number of aliphatic hydroxyl groups excluding tert-OH is 1. The summed E-state index contributed by atoms with van der Waals surface area (Å²) in [5, 5.41) is 11.7. The maximum atomic E-state index is 11.7. The van der Waals surface area contributed by atoms with Crippen molar-refractivity contribution in [1.82, 2.24) is 0 Å². The van der Waals surface area contributed by atoms with Gasteiger partial charge in [-0.15, -0.1) is 0 Å². The van der Waals surface area contributed by atoms with Crippen molar-refractivity contribution in [2.45, 2.75) is 63.5 Å². The lowest BCUT2D eigenvalue weighted by Gasteiger charge is -2.45. The van der Waals surface area contributed by atoms with Gasteiger partial charge in [0.05, 0.1) is 39.6 Å². The first-order chi connectivity index (χ1) is 20.0. The van der Waals surface area contributed by atoms with Crippen molar-refractivity contribution in [2.24, 2.45) is 0 Å². The molecule has 10 heteroatoms. The van der Waals surface area contributed by atoms with Gasteiger partial charge in [0, 0.05) is 0 Å². The van der Waals surface area contributed by atoms with Crippen LogP contribution in [0.1, 0.15) is 30.5 Å². The number of hydrogen-bond acceptors (Lipinski definition) is 9. The molecule has 0 aromatic heterocycles. The third kappa shape index (κ3) is 9.97. The minimum Gasteiger partial charge on any atom is -0.387 e. The molecule has 41 heavy (non-hydrogen) atoms. The Kier molecular flexibility index (Phi) is 13.3. The zero-order valence-corrected chi connectivity index (χ0v) is 26.0. The van der Waals surface area contributed by atoms with Gasteiger partial charge in [0.25, 0.3) is 0 Å². The lowest BCUT2D eigenvalue weighted by atomic mass is 9.99. The van der Waals surface area contributed by atoms with Gasteiger partial charge in [0.1, 0.15) is 29.9 Å². The zero-order chi connectivity index (χ0) is 28.9. The minimum atomic E-state index is -2.78. The lowest BCUT2D eigenvalue weighted by molar-refractivity contribution is -0.242. The summed E-state index contributed by atoms with van der Waals surface area (Å²) in [5.41, 5.74) is -0.499. The van der Waals surface area contributed by atoms with Crippen molar-refractivity contribution in [1.29, 1.82) is 0 Å². The van der Waals surface area contributed by atoms with Crippen molar-refractivity contribution in [3.8, 4) is 0 Å². The Balaban J connectivity index is 1.58. The normalized spacial score (nSPS) is 23.0. The van der Waals surface area contributed by atoms with Crippen LogP contribution in [0.5, 0.6) is 0 Å². The second kappa shape index (κ2) is 16.9. The van der Waals surface area contributed by atoms with E-state index in [1.54, 1.807) is 0 Å². The number of aliphatic hydroxyl groups is 1. The van der Waals surface area contributed by atoms with Crippen LogP contribution in [-0.4, -0.2) is 54.8 Å². The van der Waals surface area contributed by atoms with E-state index >= 15 is 0 Å². The molecule has 1 aliphatic heterocycles. The highest BCUT2D eigenvalue weighted by molar-refractivity contribution is 8.68. The first-order valence-electron chi connectivity index (χ1n) is 13.8. The van der Waals surface area contributed by atoms with Crippen LogP contribution < -0.4 is 0 Å². The van der Waals surface area contributed by atoms with Crippen LogP contribution in [0.25, 0.3) is 0 Å². The highest BCUT2D eigenvalue weighted by Crippen LogP contribution is 2.64. The van der Waals surface area contributed by atoms with Gasteiger partial charge in [-0.1, -0.05) is 91.0 Å². The van der Waals surface area contributed by atoms with Crippen LogP contribution in [0.15, 0.2) is 91.0 Å². The van der Waals surface area contributed by atoms with E-state index in [2.05, 4.69) is 0 Å². The third-order valence-electron chi connectivity index (χ3n) is 6.39. The smallest absolute Gasteiger partial charge is 0.249 e. The van der Waals surface area contributed by atoms with E-state index in [0.717, 1.165) is 16.7 Å². The van der Waals surface area contributed by atoms with E-state index in [-0.39, 0.29) is 6.61 Å². The number of rotatable bonds is 16. The van der Waals surface area contributed by atoms with Crippen LogP contribution in [-0.2, 0) is 59.6 Å². The van der Waals surface area contributed by atoms with E-state index in [0.29, 0.717) is 33.0 Å². The highest BCUT2D eigenvalue weighted by atomic mass is 32.9. The van der Waals surface area contributed by atoms with E-state index in [1.165, 1.54) is 11.4 Å². The fourth-order valence-corrected chi connectivity index (χ4v) is 9.69. The molecule has 0 spiro atoms. The second-order valence-electron chi connectivity index (χ2n) is 9.44. The van der Waals surface area contributed by atoms with E-state index in [1.807, 2.05) is 105 Å². The topological polar surface area (TPSA) is 75.6 Å². The van der Waals surface area contributed by atoms with Crippen LogP contribution in [0.2, 0.25) is 0 Å². The summed E-state index contributed by atoms with van der Waals surface area (Å²) in [6.45, 7) is 5.81. The van der Waals surface area contributed by atoms with Crippen LogP contribution in [0.4, 0.5) is 0 Å². The Morgan fingerprint density at radius 2 is 1.20 bits per heavy atom. The number of hydrogen-bond donors (Lipinski definition) is 1. The number of benzene rings is 3. The van der Waals surface area contributed by atoms with Crippen molar-refractivity contribution in [3.63, 3.8) is 0 Å². The fraction of sp³-hybridized carbons (Fsp3) is 0.419. The number of ether oxygens (including phenoxy) is 4. The Morgan fingerprint density at radius 3 is 1.68 bits per heavy atom. The SMILES string of the molecule is CCOP(=S)(OCC)S[C@H]1O[C@H](COCc2ccccc2)[C@@H](OCc2ccccc2)[C@H](OCc2ccccc2)[C@H]1O. The van der Waals surface area contributed by atoms with Gasteiger partial charge in [-0.2, -0.15) is 0 Å². The molecule has 222 valence electrons. The first-order valence-corrected chi connectivity index (χ1v) is 18.0. The molecule has 0 bridgehead atoms. The molecule has 1 heterocycles. The highest BCUT2D eigenvalue weighted by Gasteiger charge is 2.49. The third-order valence-corrected chi connectivity index (χ3v) is 11.8. The first kappa shape index (κ1) is 32.3. The summed E-state index contributed by atoms with van der Waals surface area (Å²) in [4.78, 5) is 0. The average Bonchev–Trinajstić information content (AvgIpc) is 2.99. The lowest BCUT2D eigenvalue weighted by Crippen LogP contribution is -2.59. The van der Waals surface area contributed by atoms with Crippen LogP contribution in [0.3, 0.4) is 0 Å². The standard InChI is InChI=1S/C31H39O7PS2/c1-3-36-39(40,37-4-2)41-31-28(32)30(35-22-26-18-12-7-13-19-26)29(34-21-25-16-10-6-11-17-25)27(38-31)23-33-20-24-14-8-5-9-15-24/h5-19,27-32H,3-4,20-23H2,1-2H3/t27-,28-,29-,30-,31-/m1/s1. The summed E-state index contributed by atoms with van der Waals surface area (Å²) in [5.74, 6) is 0. The molecule has 3 aromatic rings. The van der Waals surface area contributed by atoms with Crippen molar-refractivity contribution >= 4 is 28.9 Å². The summed E-state index contributed by atoms with van der Waals surface area (Å²) in [6, 6.07) is 29.7. The molecule has 1 N–H and O–H groups in total. The molecule has 7 nitrogen and oxygen atoms in total. The minimum absolute atomic E-state index is 0.232. The van der Waals surface area contributed by atoms with E-state index in [9.17, 15) is 5.11 Å². The molecule has 1 aliphatic rings. The Bertz CT molecular complexity index is 1180. The van der Waals surface area contributed by atoms with Gasteiger partial charge in [-0.05, 0) is 53.7 Å². The van der Waals surface area contributed by atoms with Gasteiger partial charge in [-0.3, -0.25) is 0 Å². The van der Waals surface area contributed by atoms with Gasteiger partial charge in [-0.25, -0.2) is 0 Å². The van der Waals surface area contributed by atoms with Crippen LogP contribution in [0, 0.1) is 0 Å². The summed E-state index contributed by atoms with van der Waals surface area (Å²) < 4.78 is 37.2. The molecule has 3 aromatic carbocycles. The van der Waals surface area contributed by atoms with Gasteiger partial charge in [0.2, 0.25) is 5.69 Å². The molecule has 0 saturated carbocycles. The molecule has 1 fully saturated rings. The molecule has 0 aliphatic carbocycles. The van der Waals surface area contributed by atoms with Crippen molar-refractivity contribution in [2.75, 3.05) is 19.8 Å². The molecular formula is C31H39O7PS2. The second-order valence-corrected chi connectivity index (χ2v) is 15.7. The van der Waals surface area contributed by atoms with Crippen molar-refractivity contribution in [3.05, 3.63) is 108 Å². The fourth-order valence-electron chi connectivity index (χ4n) is 4.45. The van der Waals surface area contributed by atoms with Gasteiger partial charge in [0.15, 0.2) is 0 Å². The average molecular weight is 619 g/mol. The predicted octanol–water partition coefficient (Wildman–Crippen LogP) is 6.49. The molecule has 0 amide bonds. The largest absolute Gasteiger partial charge is 0.387 e. The monoisotopic (exact) mass is 618 g/mol. The summed E-state index contributed by atoms with van der Waals surface area (Å²) in [6.07, 6.45) is -2.94. The van der Waals surface area contributed by atoms with Gasteiger partial charge >= 0.3 is 0 Å². The molecule has 0 radical (unpaired) electrons. The van der Waals surface area contributed by atoms with Gasteiger partial charge < -0.3 is 33.1 Å². The molecule has 1 saturated heterocycles. The molecule has 0 unspecified atom stereocenters. The quantitative estimate of drug-likeness (QED) is 0.181. The van der Waals surface area contributed by atoms with Crippen molar-refractivity contribution < 1.29 is 33.1 Å². The Labute approximate surface area is 252 Å². The maximum absolute atomic E-state index is 11.7. The molecule has 5 atom stereocenters. The maximum Gasteiger partial charge on any atom is 0.249 e.